The maximum Gasteiger partial charge on any atom is 0.226 e. The average Bonchev–Trinajstić information content (AvgIpc) is 2.85. The summed E-state index contributed by atoms with van der Waals surface area (Å²) in [6.07, 6.45) is 9.03. The van der Waals surface area contributed by atoms with Crippen LogP contribution >= 0.6 is 11.6 Å². The fourth-order valence-corrected chi connectivity index (χ4v) is 6.31. The number of carbonyl (C=O) groups is 1. The topological polar surface area (TPSA) is 38.3 Å². The molecule has 3 nitrogen and oxygen atoms in total. The van der Waals surface area contributed by atoms with Crippen molar-refractivity contribution in [2.75, 3.05) is 13.2 Å². The fourth-order valence-electron chi connectivity index (χ4n) is 5.62. The van der Waals surface area contributed by atoms with Crippen LogP contribution in [0.3, 0.4) is 0 Å². The van der Waals surface area contributed by atoms with Gasteiger partial charge in [0, 0.05) is 18.0 Å². The smallest absolute Gasteiger partial charge is 0.226 e. The molecule has 0 aromatic carbocycles. The monoisotopic (exact) mass is 297 g/mol. The van der Waals surface area contributed by atoms with Crippen molar-refractivity contribution < 1.29 is 9.53 Å². The number of amides is 1. The predicted octanol–water partition coefficient (Wildman–Crippen LogP) is 2.86. The number of ether oxygens (including phenoxy) is 1. The molecule has 1 heterocycles. The van der Waals surface area contributed by atoms with E-state index in [4.69, 9.17) is 16.3 Å². The molecule has 1 saturated heterocycles. The Kier molecular flexibility index (Phi) is 3.08. The molecular formula is C16H24ClNO2. The van der Waals surface area contributed by atoms with E-state index < -0.39 is 0 Å². The lowest BCUT2D eigenvalue weighted by atomic mass is 9.49. The van der Waals surface area contributed by atoms with Gasteiger partial charge in [-0.3, -0.25) is 4.79 Å². The van der Waals surface area contributed by atoms with E-state index in [1.807, 2.05) is 0 Å². The number of carbonyl (C=O) groups excluding carboxylic acids is 1. The Labute approximate surface area is 125 Å². The van der Waals surface area contributed by atoms with E-state index in [2.05, 4.69) is 5.32 Å². The third-order valence-corrected chi connectivity index (χ3v) is 6.43. The van der Waals surface area contributed by atoms with Crippen LogP contribution in [0.25, 0.3) is 0 Å². The molecule has 20 heavy (non-hydrogen) atoms. The summed E-state index contributed by atoms with van der Waals surface area (Å²) in [7, 11) is 0. The second-order valence-electron chi connectivity index (χ2n) is 7.74. The molecule has 4 saturated carbocycles. The van der Waals surface area contributed by atoms with E-state index in [9.17, 15) is 4.79 Å². The maximum atomic E-state index is 12.8. The highest BCUT2D eigenvalue weighted by molar-refractivity contribution is 6.24. The van der Waals surface area contributed by atoms with Crippen molar-refractivity contribution in [3.05, 3.63) is 0 Å². The summed E-state index contributed by atoms with van der Waals surface area (Å²) in [5, 5.41) is 3.18. The molecule has 1 amide bonds. The van der Waals surface area contributed by atoms with Crippen molar-refractivity contribution in [2.24, 2.45) is 17.3 Å². The first-order valence-electron chi connectivity index (χ1n) is 8.16. The molecule has 1 N–H and O–H groups in total. The van der Waals surface area contributed by atoms with Crippen molar-refractivity contribution in [1.29, 1.82) is 0 Å². The molecule has 5 fully saturated rings. The van der Waals surface area contributed by atoms with Crippen LogP contribution in [-0.2, 0) is 9.53 Å². The van der Waals surface area contributed by atoms with Crippen molar-refractivity contribution in [3.63, 3.8) is 0 Å². The molecule has 112 valence electrons. The van der Waals surface area contributed by atoms with E-state index in [0.29, 0.717) is 18.4 Å². The Morgan fingerprint density at radius 1 is 1.25 bits per heavy atom. The van der Waals surface area contributed by atoms with Crippen LogP contribution in [0.2, 0.25) is 0 Å². The molecule has 0 aromatic rings. The summed E-state index contributed by atoms with van der Waals surface area (Å²) in [6, 6.07) is 0. The van der Waals surface area contributed by atoms with Crippen LogP contribution in [0.15, 0.2) is 0 Å². The Balaban J connectivity index is 1.45. The van der Waals surface area contributed by atoms with Gasteiger partial charge in [-0.1, -0.05) is 0 Å². The summed E-state index contributed by atoms with van der Waals surface area (Å²) in [5.74, 6) is 1.62. The second kappa shape index (κ2) is 4.61. The first kappa shape index (κ1) is 13.4. The van der Waals surface area contributed by atoms with Crippen LogP contribution in [0.5, 0.6) is 0 Å². The zero-order valence-electron chi connectivity index (χ0n) is 12.0. The van der Waals surface area contributed by atoms with E-state index in [0.717, 1.165) is 51.6 Å². The Morgan fingerprint density at radius 2 is 2.00 bits per heavy atom. The minimum atomic E-state index is -0.162. The van der Waals surface area contributed by atoms with Gasteiger partial charge in [-0.2, -0.15) is 0 Å². The van der Waals surface area contributed by atoms with Gasteiger partial charge >= 0.3 is 0 Å². The minimum absolute atomic E-state index is 0.0781. The fraction of sp³-hybridized carbons (Fsp3) is 0.938. The number of nitrogens with one attached hydrogen (secondary N) is 1. The van der Waals surface area contributed by atoms with Gasteiger partial charge in [0.1, 0.15) is 0 Å². The number of hydrogen-bond acceptors (Lipinski definition) is 2. The van der Waals surface area contributed by atoms with Gasteiger partial charge in [0.25, 0.3) is 0 Å². The summed E-state index contributed by atoms with van der Waals surface area (Å²) < 4.78 is 5.60. The van der Waals surface area contributed by atoms with Crippen LogP contribution in [-0.4, -0.2) is 30.0 Å². The quantitative estimate of drug-likeness (QED) is 0.814. The lowest BCUT2D eigenvalue weighted by Crippen LogP contribution is -2.58. The van der Waals surface area contributed by atoms with Gasteiger partial charge in [-0.15, -0.1) is 11.6 Å². The van der Waals surface area contributed by atoms with Gasteiger partial charge in [0.15, 0.2) is 0 Å². The normalized spacial score (nSPS) is 49.5. The summed E-state index contributed by atoms with van der Waals surface area (Å²) >= 11 is 6.79. The molecule has 3 atom stereocenters. The molecular weight excluding hydrogens is 274 g/mol. The van der Waals surface area contributed by atoms with Gasteiger partial charge < -0.3 is 10.1 Å². The second-order valence-corrected chi connectivity index (χ2v) is 8.54. The van der Waals surface area contributed by atoms with Crippen molar-refractivity contribution in [3.8, 4) is 0 Å². The third kappa shape index (κ3) is 2.18. The summed E-state index contributed by atoms with van der Waals surface area (Å²) in [6.45, 7) is 1.53. The Morgan fingerprint density at radius 3 is 2.60 bits per heavy atom. The molecule has 5 rings (SSSR count). The predicted molar refractivity (Wildman–Crippen MR) is 77.7 cm³/mol. The van der Waals surface area contributed by atoms with Crippen molar-refractivity contribution in [1.82, 2.24) is 5.32 Å². The van der Waals surface area contributed by atoms with E-state index in [-0.39, 0.29) is 22.3 Å². The highest BCUT2D eigenvalue weighted by Gasteiger charge is 2.60. The van der Waals surface area contributed by atoms with E-state index >= 15 is 0 Å². The first-order chi connectivity index (χ1) is 9.57. The molecule has 4 heteroatoms. The largest absolute Gasteiger partial charge is 0.376 e. The molecule has 0 spiro atoms. The lowest BCUT2D eigenvalue weighted by molar-refractivity contribution is -0.145. The molecule has 0 radical (unpaired) electrons. The van der Waals surface area contributed by atoms with Crippen molar-refractivity contribution >= 4 is 17.5 Å². The minimum Gasteiger partial charge on any atom is -0.376 e. The molecule has 0 aromatic heterocycles. The first-order valence-corrected chi connectivity index (χ1v) is 8.54. The molecule has 4 aliphatic carbocycles. The van der Waals surface area contributed by atoms with Gasteiger partial charge in [0.05, 0.1) is 11.5 Å². The summed E-state index contributed by atoms with van der Waals surface area (Å²) in [5.41, 5.74) is -0.162. The zero-order chi connectivity index (χ0) is 13.8. The highest BCUT2D eigenvalue weighted by Crippen LogP contribution is 2.63. The van der Waals surface area contributed by atoms with Gasteiger partial charge in [-0.25, -0.2) is 0 Å². The molecule has 5 aliphatic rings. The third-order valence-electron chi connectivity index (χ3n) is 5.99. The van der Waals surface area contributed by atoms with Gasteiger partial charge in [-0.05, 0) is 63.2 Å². The number of hydrogen-bond donors (Lipinski definition) is 1. The van der Waals surface area contributed by atoms with Crippen LogP contribution < -0.4 is 5.32 Å². The molecule has 3 unspecified atom stereocenters. The molecule has 1 aliphatic heterocycles. The number of halogens is 1. The molecule has 4 bridgehead atoms. The maximum absolute atomic E-state index is 12.8. The van der Waals surface area contributed by atoms with Crippen LogP contribution in [0.4, 0.5) is 0 Å². The van der Waals surface area contributed by atoms with Crippen molar-refractivity contribution in [2.45, 2.75) is 62.3 Å². The van der Waals surface area contributed by atoms with Crippen LogP contribution in [0.1, 0.15) is 51.4 Å². The SMILES string of the molecule is O=C(NCC1CCCO1)C12CC3CC(CC(Cl)(C3)C1)C2. The van der Waals surface area contributed by atoms with Crippen LogP contribution in [0, 0.1) is 17.3 Å². The number of alkyl halides is 1. The van der Waals surface area contributed by atoms with Gasteiger partial charge in [0.2, 0.25) is 5.91 Å². The van der Waals surface area contributed by atoms with E-state index in [1.54, 1.807) is 0 Å². The Bertz CT molecular complexity index is 405. The Hall–Kier alpha value is -0.280. The highest BCUT2D eigenvalue weighted by atomic mass is 35.5. The lowest BCUT2D eigenvalue weighted by Gasteiger charge is -2.59. The average molecular weight is 298 g/mol. The summed E-state index contributed by atoms with van der Waals surface area (Å²) in [4.78, 5) is 12.7. The number of rotatable bonds is 3. The standard InChI is InChI=1S/C16H24ClNO2/c17-16-7-11-4-12(8-16)6-15(5-11,10-16)14(19)18-9-13-2-1-3-20-13/h11-13H,1-10H2,(H,18,19). The zero-order valence-corrected chi connectivity index (χ0v) is 12.8. The van der Waals surface area contributed by atoms with E-state index in [1.165, 1.54) is 6.42 Å².